The molecular formula is C24H25NO4. The van der Waals surface area contributed by atoms with Gasteiger partial charge in [-0.25, -0.2) is 4.79 Å². The number of carbonyl (C=O) groups excluding carboxylic acids is 2. The van der Waals surface area contributed by atoms with Crippen LogP contribution < -0.4 is 10.1 Å². The number of amides is 1. The number of fused-ring (bicyclic) bond motifs is 1. The van der Waals surface area contributed by atoms with Crippen LogP contribution in [0.15, 0.2) is 60.7 Å². The van der Waals surface area contributed by atoms with Crippen molar-refractivity contribution in [2.24, 2.45) is 0 Å². The van der Waals surface area contributed by atoms with E-state index >= 15 is 0 Å². The third-order valence-electron chi connectivity index (χ3n) is 4.71. The molecule has 0 aliphatic rings. The van der Waals surface area contributed by atoms with Crippen LogP contribution in [0.25, 0.3) is 10.8 Å². The second kappa shape index (κ2) is 9.73. The van der Waals surface area contributed by atoms with Crippen LogP contribution in [0.2, 0.25) is 0 Å². The summed E-state index contributed by atoms with van der Waals surface area (Å²) in [5, 5.41) is 5.00. The van der Waals surface area contributed by atoms with Crippen molar-refractivity contribution < 1.29 is 19.1 Å². The Hall–Kier alpha value is -3.34. The molecule has 0 fully saturated rings. The molecule has 5 heteroatoms. The van der Waals surface area contributed by atoms with Gasteiger partial charge in [-0.1, -0.05) is 62.4 Å². The van der Waals surface area contributed by atoms with Gasteiger partial charge in [0.05, 0.1) is 0 Å². The summed E-state index contributed by atoms with van der Waals surface area (Å²) in [6.45, 7) is 3.47. The van der Waals surface area contributed by atoms with Gasteiger partial charge in [0.25, 0.3) is 5.91 Å². The number of anilines is 1. The molecule has 3 rings (SSSR count). The van der Waals surface area contributed by atoms with Gasteiger partial charge in [0.15, 0.2) is 13.2 Å². The second-order valence-corrected chi connectivity index (χ2v) is 6.66. The van der Waals surface area contributed by atoms with Crippen LogP contribution in [-0.4, -0.2) is 25.1 Å². The van der Waals surface area contributed by atoms with Crippen molar-refractivity contribution in [2.45, 2.75) is 26.7 Å². The van der Waals surface area contributed by atoms with Crippen molar-refractivity contribution in [3.8, 4) is 5.75 Å². The number of esters is 1. The molecule has 3 aromatic rings. The Labute approximate surface area is 170 Å². The van der Waals surface area contributed by atoms with Crippen molar-refractivity contribution >= 4 is 28.3 Å². The van der Waals surface area contributed by atoms with Crippen LogP contribution in [0.5, 0.6) is 5.75 Å². The Bertz CT molecular complexity index is 990. The van der Waals surface area contributed by atoms with Crippen LogP contribution in [-0.2, 0) is 27.2 Å². The second-order valence-electron chi connectivity index (χ2n) is 6.66. The van der Waals surface area contributed by atoms with E-state index in [1.54, 1.807) is 6.07 Å². The van der Waals surface area contributed by atoms with Gasteiger partial charge in [0.1, 0.15) is 5.75 Å². The summed E-state index contributed by atoms with van der Waals surface area (Å²) < 4.78 is 10.5. The molecule has 0 aromatic heterocycles. The number of benzene rings is 3. The predicted molar refractivity (Wildman–Crippen MR) is 114 cm³/mol. The van der Waals surface area contributed by atoms with E-state index in [1.165, 1.54) is 0 Å². The van der Waals surface area contributed by atoms with E-state index in [4.69, 9.17) is 9.47 Å². The number of hydrogen-bond acceptors (Lipinski definition) is 4. The fourth-order valence-corrected chi connectivity index (χ4v) is 3.17. The lowest BCUT2D eigenvalue weighted by Crippen LogP contribution is -2.24. The van der Waals surface area contributed by atoms with Gasteiger partial charge in [0, 0.05) is 5.69 Å². The van der Waals surface area contributed by atoms with E-state index in [-0.39, 0.29) is 19.1 Å². The molecule has 5 nitrogen and oxygen atoms in total. The summed E-state index contributed by atoms with van der Waals surface area (Å²) >= 11 is 0. The third-order valence-corrected chi connectivity index (χ3v) is 4.71. The number of aryl methyl sites for hydroxylation is 2. The Balaban J connectivity index is 1.51. The maximum absolute atomic E-state index is 12.2. The Morgan fingerprint density at radius 2 is 1.52 bits per heavy atom. The van der Waals surface area contributed by atoms with Crippen molar-refractivity contribution in [3.05, 3.63) is 71.8 Å². The van der Waals surface area contributed by atoms with Crippen molar-refractivity contribution in [2.75, 3.05) is 18.5 Å². The van der Waals surface area contributed by atoms with Gasteiger partial charge >= 0.3 is 5.97 Å². The summed E-state index contributed by atoms with van der Waals surface area (Å²) in [4.78, 5) is 24.2. The molecule has 3 aromatic carbocycles. The van der Waals surface area contributed by atoms with Gasteiger partial charge in [-0.2, -0.15) is 0 Å². The zero-order valence-electron chi connectivity index (χ0n) is 16.7. The molecule has 0 spiro atoms. The van der Waals surface area contributed by atoms with E-state index in [9.17, 15) is 9.59 Å². The molecule has 0 saturated carbocycles. The van der Waals surface area contributed by atoms with Crippen molar-refractivity contribution in [1.29, 1.82) is 0 Å². The lowest BCUT2D eigenvalue weighted by atomic mass is 10.0. The maximum Gasteiger partial charge on any atom is 0.344 e. The number of hydrogen-bond donors (Lipinski definition) is 1. The summed E-state index contributed by atoms with van der Waals surface area (Å²) in [6, 6.07) is 19.4. The maximum atomic E-state index is 12.2. The number of ether oxygens (including phenoxy) is 2. The Kier molecular flexibility index (Phi) is 6.85. The number of nitrogens with one attached hydrogen (secondary N) is 1. The first-order chi connectivity index (χ1) is 14.1. The van der Waals surface area contributed by atoms with Crippen LogP contribution in [0.1, 0.15) is 25.0 Å². The summed E-state index contributed by atoms with van der Waals surface area (Å²) in [7, 11) is 0. The summed E-state index contributed by atoms with van der Waals surface area (Å²) in [5.74, 6) is -0.373. The zero-order chi connectivity index (χ0) is 20.6. The normalized spacial score (nSPS) is 10.6. The standard InChI is InChI=1S/C24H25NO4/c1-3-17-10-7-11-18(4-2)24(17)25-22(26)15-29-23(27)16-28-21-13-12-19-8-5-6-9-20(19)14-21/h5-14H,3-4,15-16H2,1-2H3,(H,25,26). The largest absolute Gasteiger partial charge is 0.482 e. The minimum Gasteiger partial charge on any atom is -0.482 e. The van der Waals surface area contributed by atoms with Crippen molar-refractivity contribution in [3.63, 3.8) is 0 Å². The molecular weight excluding hydrogens is 366 g/mol. The molecule has 29 heavy (non-hydrogen) atoms. The summed E-state index contributed by atoms with van der Waals surface area (Å²) in [6.07, 6.45) is 1.62. The highest BCUT2D eigenvalue weighted by Gasteiger charge is 2.13. The van der Waals surface area contributed by atoms with Crippen LogP contribution in [0, 0.1) is 0 Å². The SMILES string of the molecule is CCc1cccc(CC)c1NC(=O)COC(=O)COc1ccc2ccccc2c1. The topological polar surface area (TPSA) is 64.6 Å². The highest BCUT2D eigenvalue weighted by Crippen LogP contribution is 2.23. The average Bonchev–Trinajstić information content (AvgIpc) is 2.76. The van der Waals surface area contributed by atoms with Gasteiger partial charge in [0.2, 0.25) is 0 Å². The Morgan fingerprint density at radius 3 is 2.21 bits per heavy atom. The monoisotopic (exact) mass is 391 g/mol. The number of carbonyl (C=O) groups is 2. The fraction of sp³-hybridized carbons (Fsp3) is 0.250. The quantitative estimate of drug-likeness (QED) is 0.573. The molecule has 0 heterocycles. The van der Waals surface area contributed by atoms with Gasteiger partial charge < -0.3 is 14.8 Å². The minimum absolute atomic E-state index is 0.253. The molecule has 0 aliphatic heterocycles. The first kappa shape index (κ1) is 20.4. The molecule has 1 N–H and O–H groups in total. The lowest BCUT2D eigenvalue weighted by molar-refractivity contribution is -0.149. The molecule has 0 atom stereocenters. The smallest absolute Gasteiger partial charge is 0.344 e. The van der Waals surface area contributed by atoms with E-state index < -0.39 is 5.97 Å². The predicted octanol–water partition coefficient (Wildman–Crippen LogP) is 4.53. The zero-order valence-corrected chi connectivity index (χ0v) is 16.7. The molecule has 0 bridgehead atoms. The van der Waals surface area contributed by atoms with Crippen LogP contribution in [0.4, 0.5) is 5.69 Å². The average molecular weight is 391 g/mol. The van der Waals surface area contributed by atoms with E-state index in [2.05, 4.69) is 5.32 Å². The molecule has 150 valence electrons. The van der Waals surface area contributed by atoms with Gasteiger partial charge in [-0.3, -0.25) is 4.79 Å². The van der Waals surface area contributed by atoms with Crippen LogP contribution in [0.3, 0.4) is 0 Å². The lowest BCUT2D eigenvalue weighted by Gasteiger charge is -2.14. The van der Waals surface area contributed by atoms with E-state index in [0.29, 0.717) is 5.75 Å². The fourth-order valence-electron chi connectivity index (χ4n) is 3.17. The minimum atomic E-state index is -0.590. The highest BCUT2D eigenvalue weighted by atomic mass is 16.6. The van der Waals surface area contributed by atoms with Crippen LogP contribution >= 0.6 is 0 Å². The van der Waals surface area contributed by atoms with E-state index in [1.807, 2.05) is 68.4 Å². The van der Waals surface area contributed by atoms with Gasteiger partial charge in [-0.05, 0) is 46.9 Å². The Morgan fingerprint density at radius 1 is 0.828 bits per heavy atom. The first-order valence-electron chi connectivity index (χ1n) is 9.78. The third kappa shape index (κ3) is 5.35. The van der Waals surface area contributed by atoms with Crippen molar-refractivity contribution in [1.82, 2.24) is 0 Å². The molecule has 0 aliphatic carbocycles. The first-order valence-corrected chi connectivity index (χ1v) is 9.78. The molecule has 1 amide bonds. The molecule has 0 unspecified atom stereocenters. The highest BCUT2D eigenvalue weighted by molar-refractivity contribution is 5.94. The molecule has 0 radical (unpaired) electrons. The van der Waals surface area contributed by atoms with E-state index in [0.717, 1.165) is 40.4 Å². The summed E-state index contributed by atoms with van der Waals surface area (Å²) in [5.41, 5.74) is 2.93. The number of para-hydroxylation sites is 1. The van der Waals surface area contributed by atoms with Gasteiger partial charge in [-0.15, -0.1) is 0 Å². The number of rotatable bonds is 8. The molecule has 0 saturated heterocycles.